The van der Waals surface area contributed by atoms with E-state index in [4.69, 9.17) is 0 Å². The number of carbonyl (C=O) groups excluding carboxylic acids is 1. The predicted octanol–water partition coefficient (Wildman–Crippen LogP) is 2.51. The highest BCUT2D eigenvalue weighted by Gasteiger charge is 2.23. The minimum Gasteiger partial charge on any atom is -0.381 e. The van der Waals surface area contributed by atoms with Crippen LogP contribution in [0.25, 0.3) is 0 Å². The molecule has 2 heterocycles. The second-order valence-corrected chi connectivity index (χ2v) is 5.89. The van der Waals surface area contributed by atoms with Gasteiger partial charge in [-0.2, -0.15) is 0 Å². The van der Waals surface area contributed by atoms with Gasteiger partial charge in [0.15, 0.2) is 0 Å². The highest BCUT2D eigenvalue weighted by Crippen LogP contribution is 2.17. The topological polar surface area (TPSA) is 58.1 Å². The van der Waals surface area contributed by atoms with E-state index in [1.807, 2.05) is 23.1 Å². The number of aromatic nitrogens is 2. The second kappa shape index (κ2) is 7.72. The molecule has 1 N–H and O–H groups in total. The average Bonchev–Trinajstić information content (AvgIpc) is 2.62. The predicted molar refractivity (Wildman–Crippen MR) is 90.0 cm³/mol. The van der Waals surface area contributed by atoms with Crippen molar-refractivity contribution in [1.82, 2.24) is 14.9 Å². The molecule has 1 fully saturated rings. The summed E-state index contributed by atoms with van der Waals surface area (Å²) in [5.74, 6) is 0.204. The zero-order valence-corrected chi connectivity index (χ0v) is 13.2. The minimum absolute atomic E-state index is 0.204. The lowest BCUT2D eigenvalue weighted by Crippen LogP contribution is -2.45. The molecule has 0 aliphatic carbocycles. The normalized spacial score (nSPS) is 17.7. The molecule has 1 aliphatic heterocycles. The first-order chi connectivity index (χ1) is 11.3. The Morgan fingerprint density at radius 2 is 2.13 bits per heavy atom. The smallest absolute Gasteiger partial charge is 0.223 e. The van der Waals surface area contributed by atoms with Crippen LogP contribution in [0.2, 0.25) is 0 Å². The Hall–Kier alpha value is -2.43. The van der Waals surface area contributed by atoms with Crippen molar-refractivity contribution in [2.75, 3.05) is 18.4 Å². The third-order valence-corrected chi connectivity index (χ3v) is 4.13. The van der Waals surface area contributed by atoms with Gasteiger partial charge in [0, 0.05) is 49.8 Å². The maximum atomic E-state index is 12.4. The molecule has 1 aromatic heterocycles. The molecule has 0 spiro atoms. The van der Waals surface area contributed by atoms with Crippen molar-refractivity contribution in [3.63, 3.8) is 0 Å². The highest BCUT2D eigenvalue weighted by molar-refractivity contribution is 5.76. The molecule has 1 aromatic carbocycles. The van der Waals surface area contributed by atoms with Gasteiger partial charge in [-0.1, -0.05) is 18.2 Å². The van der Waals surface area contributed by atoms with E-state index in [0.717, 1.165) is 37.3 Å². The summed E-state index contributed by atoms with van der Waals surface area (Å²) in [6, 6.07) is 10.5. The molecule has 0 unspecified atom stereocenters. The van der Waals surface area contributed by atoms with Crippen molar-refractivity contribution < 1.29 is 4.79 Å². The lowest BCUT2D eigenvalue weighted by atomic mass is 10.0. The number of rotatable bonds is 5. The standard InChI is InChI=1S/C18H22N4O/c23-18(9-8-16-13-19-10-11-20-16)22-12-4-7-17(14-22)21-15-5-2-1-3-6-15/h1-3,5-6,10-11,13,17,21H,4,7-9,12,14H2/t17-/m1/s1. The van der Waals surface area contributed by atoms with E-state index in [0.29, 0.717) is 18.9 Å². The van der Waals surface area contributed by atoms with Crippen LogP contribution in [0.3, 0.4) is 0 Å². The van der Waals surface area contributed by atoms with Crippen molar-refractivity contribution in [2.45, 2.75) is 31.7 Å². The van der Waals surface area contributed by atoms with Crippen molar-refractivity contribution >= 4 is 11.6 Å². The Morgan fingerprint density at radius 3 is 2.91 bits per heavy atom. The lowest BCUT2D eigenvalue weighted by Gasteiger charge is -2.33. The van der Waals surface area contributed by atoms with E-state index < -0.39 is 0 Å². The third kappa shape index (κ3) is 4.52. The van der Waals surface area contributed by atoms with E-state index in [2.05, 4.69) is 27.4 Å². The van der Waals surface area contributed by atoms with E-state index in [9.17, 15) is 4.79 Å². The van der Waals surface area contributed by atoms with Crippen molar-refractivity contribution in [1.29, 1.82) is 0 Å². The van der Waals surface area contributed by atoms with Crippen LogP contribution < -0.4 is 5.32 Å². The van der Waals surface area contributed by atoms with Gasteiger partial charge in [-0.25, -0.2) is 0 Å². The van der Waals surface area contributed by atoms with Gasteiger partial charge in [0.1, 0.15) is 0 Å². The first-order valence-corrected chi connectivity index (χ1v) is 8.15. The summed E-state index contributed by atoms with van der Waals surface area (Å²) in [5, 5.41) is 3.52. The first-order valence-electron chi connectivity index (χ1n) is 8.15. The van der Waals surface area contributed by atoms with Gasteiger partial charge in [-0.05, 0) is 31.4 Å². The summed E-state index contributed by atoms with van der Waals surface area (Å²) in [7, 11) is 0. The molecule has 2 aromatic rings. The highest BCUT2D eigenvalue weighted by atomic mass is 16.2. The lowest BCUT2D eigenvalue weighted by molar-refractivity contribution is -0.132. The second-order valence-electron chi connectivity index (χ2n) is 5.89. The number of hydrogen-bond acceptors (Lipinski definition) is 4. The Bertz CT molecular complexity index is 617. The molecule has 1 aliphatic rings. The number of piperidine rings is 1. The van der Waals surface area contributed by atoms with E-state index in [-0.39, 0.29) is 5.91 Å². The van der Waals surface area contributed by atoms with Gasteiger partial charge in [-0.15, -0.1) is 0 Å². The summed E-state index contributed by atoms with van der Waals surface area (Å²) in [6.07, 6.45) is 8.33. The van der Waals surface area contributed by atoms with Crippen LogP contribution in [0.15, 0.2) is 48.9 Å². The maximum absolute atomic E-state index is 12.4. The van der Waals surface area contributed by atoms with Crippen LogP contribution in [0.4, 0.5) is 5.69 Å². The molecule has 0 bridgehead atoms. The number of para-hydroxylation sites is 1. The number of anilines is 1. The van der Waals surface area contributed by atoms with Gasteiger partial charge in [0.05, 0.1) is 5.69 Å². The first kappa shape index (κ1) is 15.5. The minimum atomic E-state index is 0.204. The SMILES string of the molecule is O=C(CCc1cnccn1)N1CCC[C@@H](Nc2ccccc2)C1. The van der Waals surface area contributed by atoms with Crippen molar-refractivity contribution in [3.05, 3.63) is 54.6 Å². The molecule has 5 nitrogen and oxygen atoms in total. The monoisotopic (exact) mass is 310 g/mol. The largest absolute Gasteiger partial charge is 0.381 e. The molecule has 1 amide bonds. The summed E-state index contributed by atoms with van der Waals surface area (Å²) in [5.41, 5.74) is 1.99. The number of amides is 1. The third-order valence-electron chi connectivity index (χ3n) is 4.13. The van der Waals surface area contributed by atoms with Gasteiger partial charge in [-0.3, -0.25) is 14.8 Å². The fourth-order valence-electron chi connectivity index (χ4n) is 2.94. The van der Waals surface area contributed by atoms with Crippen molar-refractivity contribution in [2.24, 2.45) is 0 Å². The van der Waals surface area contributed by atoms with Gasteiger partial charge in [0.2, 0.25) is 5.91 Å². The molecule has 3 rings (SSSR count). The number of hydrogen-bond donors (Lipinski definition) is 1. The Morgan fingerprint density at radius 1 is 1.26 bits per heavy atom. The molecule has 0 saturated carbocycles. The molecule has 0 radical (unpaired) electrons. The Kier molecular flexibility index (Phi) is 5.19. The number of nitrogens with one attached hydrogen (secondary N) is 1. The van der Waals surface area contributed by atoms with Gasteiger partial charge >= 0.3 is 0 Å². The van der Waals surface area contributed by atoms with Crippen molar-refractivity contribution in [3.8, 4) is 0 Å². The van der Waals surface area contributed by atoms with Gasteiger partial charge < -0.3 is 10.2 Å². The number of nitrogens with zero attached hydrogens (tertiary/aromatic N) is 3. The molecular weight excluding hydrogens is 288 g/mol. The van der Waals surface area contributed by atoms with Crippen LogP contribution in [-0.2, 0) is 11.2 Å². The van der Waals surface area contributed by atoms with Crippen LogP contribution in [0, 0.1) is 0 Å². The molecule has 1 saturated heterocycles. The number of carbonyl (C=O) groups is 1. The molecule has 5 heteroatoms. The summed E-state index contributed by atoms with van der Waals surface area (Å²) in [6.45, 7) is 1.63. The van der Waals surface area contributed by atoms with Crippen LogP contribution in [0.1, 0.15) is 25.0 Å². The number of aryl methyl sites for hydroxylation is 1. The molecule has 1 atom stereocenters. The Labute approximate surface area is 136 Å². The molecule has 120 valence electrons. The maximum Gasteiger partial charge on any atom is 0.223 e. The fraction of sp³-hybridized carbons (Fsp3) is 0.389. The summed E-state index contributed by atoms with van der Waals surface area (Å²) < 4.78 is 0. The molecule has 23 heavy (non-hydrogen) atoms. The Balaban J connectivity index is 1.50. The van der Waals surface area contributed by atoms with Crippen LogP contribution in [-0.4, -0.2) is 39.9 Å². The van der Waals surface area contributed by atoms with Crippen LogP contribution >= 0.6 is 0 Å². The zero-order valence-electron chi connectivity index (χ0n) is 13.2. The molecular formula is C18H22N4O. The summed E-state index contributed by atoms with van der Waals surface area (Å²) >= 11 is 0. The number of benzene rings is 1. The average molecular weight is 310 g/mol. The van der Waals surface area contributed by atoms with E-state index >= 15 is 0 Å². The fourth-order valence-corrected chi connectivity index (χ4v) is 2.94. The summed E-state index contributed by atoms with van der Waals surface area (Å²) in [4.78, 5) is 22.6. The van der Waals surface area contributed by atoms with E-state index in [1.165, 1.54) is 0 Å². The zero-order chi connectivity index (χ0) is 15.9. The van der Waals surface area contributed by atoms with E-state index in [1.54, 1.807) is 18.6 Å². The van der Waals surface area contributed by atoms with Gasteiger partial charge in [0.25, 0.3) is 0 Å². The van der Waals surface area contributed by atoms with Crippen LogP contribution in [0.5, 0.6) is 0 Å². The quantitative estimate of drug-likeness (QED) is 0.922. The number of likely N-dealkylation sites (tertiary alicyclic amines) is 1.